The highest BCUT2D eigenvalue weighted by Crippen LogP contribution is 1.96. The summed E-state index contributed by atoms with van der Waals surface area (Å²) in [6.07, 6.45) is 0. The van der Waals surface area contributed by atoms with Gasteiger partial charge in [-0.15, -0.1) is 0 Å². The average molecular weight is 178 g/mol. The van der Waals surface area contributed by atoms with Crippen LogP contribution < -0.4 is 10.6 Å². The van der Waals surface area contributed by atoms with Crippen LogP contribution in [0.25, 0.3) is 0 Å². The van der Waals surface area contributed by atoms with E-state index < -0.39 is 19.5 Å². The van der Waals surface area contributed by atoms with Gasteiger partial charge in [-0.3, -0.25) is 4.79 Å². The third-order valence-electron chi connectivity index (χ3n) is 1.53. The Bertz CT molecular complexity index is 164. The summed E-state index contributed by atoms with van der Waals surface area (Å²) >= 11 is 0. The Morgan fingerprint density at radius 1 is 1.50 bits per heavy atom. The summed E-state index contributed by atoms with van der Waals surface area (Å²) < 4.78 is 26.8. The van der Waals surface area contributed by atoms with Gasteiger partial charge in [0.15, 0.2) is 0 Å². The summed E-state index contributed by atoms with van der Waals surface area (Å²) in [7, 11) is -3.03. The van der Waals surface area contributed by atoms with Crippen molar-refractivity contribution in [3.05, 3.63) is 0 Å². The molecular weight excluding hydrogens is 169 g/mol. The molecule has 1 heterocycles. The van der Waals surface area contributed by atoms with E-state index in [1.165, 1.54) is 0 Å². The van der Waals surface area contributed by atoms with Crippen LogP contribution in [-0.2, 0) is 9.45 Å². The van der Waals surface area contributed by atoms with Crippen LogP contribution in [0.15, 0.2) is 0 Å². The average Bonchev–Trinajstić information content (AvgIpc) is 2.05. The number of nitrogens with one attached hydrogen (secondary N) is 2. The fraction of sp³-hybridized carbons (Fsp3) is 0.800. The summed E-state index contributed by atoms with van der Waals surface area (Å²) in [5.41, 5.74) is 0. The van der Waals surface area contributed by atoms with Crippen LogP contribution in [0.4, 0.5) is 8.63 Å². The van der Waals surface area contributed by atoms with E-state index in [-0.39, 0.29) is 0 Å². The predicted molar refractivity (Wildman–Crippen MR) is 38.7 cm³/mol. The molecule has 2 N–H and O–H groups in total. The SMILES string of the molecule is O=C(OB(F)F)C1CNCCN1. The molecule has 0 saturated carbocycles. The van der Waals surface area contributed by atoms with Crippen LogP contribution >= 0.6 is 0 Å². The molecule has 4 nitrogen and oxygen atoms in total. The van der Waals surface area contributed by atoms with E-state index in [1.807, 2.05) is 0 Å². The summed E-state index contributed by atoms with van der Waals surface area (Å²) in [5, 5.41) is 5.63. The molecule has 0 spiro atoms. The highest BCUT2D eigenvalue weighted by molar-refractivity contribution is 6.37. The van der Waals surface area contributed by atoms with E-state index >= 15 is 0 Å². The lowest BCUT2D eigenvalue weighted by Gasteiger charge is -2.22. The second kappa shape index (κ2) is 4.37. The topological polar surface area (TPSA) is 50.4 Å². The second-order valence-corrected chi connectivity index (χ2v) is 2.41. The number of piperazine rings is 1. The van der Waals surface area contributed by atoms with Crippen molar-refractivity contribution in [1.29, 1.82) is 0 Å². The molecule has 0 aromatic carbocycles. The van der Waals surface area contributed by atoms with Gasteiger partial charge in [0, 0.05) is 19.6 Å². The molecule has 0 aliphatic carbocycles. The molecule has 0 aromatic heterocycles. The van der Waals surface area contributed by atoms with Gasteiger partial charge in [0.25, 0.3) is 0 Å². The van der Waals surface area contributed by atoms with Crippen molar-refractivity contribution in [2.75, 3.05) is 19.6 Å². The smallest absolute Gasteiger partial charge is 0.477 e. The molecule has 68 valence electrons. The zero-order valence-electron chi connectivity index (χ0n) is 6.35. The van der Waals surface area contributed by atoms with Crippen LogP contribution in [0.1, 0.15) is 0 Å². The van der Waals surface area contributed by atoms with Gasteiger partial charge in [-0.1, -0.05) is 0 Å². The predicted octanol–water partition coefficient (Wildman–Crippen LogP) is -0.985. The first-order valence-electron chi connectivity index (χ1n) is 3.63. The van der Waals surface area contributed by atoms with Crippen molar-refractivity contribution >= 4 is 13.4 Å². The van der Waals surface area contributed by atoms with Crippen molar-refractivity contribution in [3.8, 4) is 0 Å². The molecule has 12 heavy (non-hydrogen) atoms. The Morgan fingerprint density at radius 3 is 2.75 bits per heavy atom. The van der Waals surface area contributed by atoms with Gasteiger partial charge in [0.05, 0.1) is 0 Å². The fourth-order valence-electron chi connectivity index (χ4n) is 0.990. The molecule has 1 rings (SSSR count). The molecule has 1 unspecified atom stereocenters. The van der Waals surface area contributed by atoms with Crippen molar-refractivity contribution in [1.82, 2.24) is 10.6 Å². The van der Waals surface area contributed by atoms with E-state index in [4.69, 9.17) is 0 Å². The maximum Gasteiger partial charge on any atom is 0.798 e. The van der Waals surface area contributed by atoms with Gasteiger partial charge in [0.2, 0.25) is 0 Å². The lowest BCUT2D eigenvalue weighted by molar-refractivity contribution is -0.138. The van der Waals surface area contributed by atoms with Crippen LogP contribution in [0.5, 0.6) is 0 Å². The Kier molecular flexibility index (Phi) is 3.42. The highest BCUT2D eigenvalue weighted by Gasteiger charge is 2.28. The van der Waals surface area contributed by atoms with Crippen molar-refractivity contribution in [2.45, 2.75) is 6.04 Å². The minimum absolute atomic E-state index is 0.339. The van der Waals surface area contributed by atoms with E-state index in [2.05, 4.69) is 15.3 Å². The van der Waals surface area contributed by atoms with Crippen LogP contribution in [0.3, 0.4) is 0 Å². The van der Waals surface area contributed by atoms with Crippen molar-refractivity contribution < 1.29 is 18.1 Å². The number of hydrogen-bond donors (Lipinski definition) is 2. The summed E-state index contributed by atoms with van der Waals surface area (Å²) in [5.74, 6) is -0.905. The number of rotatable bonds is 2. The molecule has 0 aromatic rings. The maximum atomic E-state index is 11.5. The lowest BCUT2D eigenvalue weighted by atomic mass is 10.2. The van der Waals surface area contributed by atoms with Gasteiger partial charge < -0.3 is 15.3 Å². The number of halogens is 2. The second-order valence-electron chi connectivity index (χ2n) is 2.41. The first-order chi connectivity index (χ1) is 5.70. The molecule has 1 aliphatic heterocycles. The quantitative estimate of drug-likeness (QED) is 0.533. The van der Waals surface area contributed by atoms with E-state index in [9.17, 15) is 13.4 Å². The zero-order chi connectivity index (χ0) is 8.97. The Hall–Kier alpha value is -0.685. The van der Waals surface area contributed by atoms with Gasteiger partial charge >= 0.3 is 13.4 Å². The minimum atomic E-state index is -3.03. The largest absolute Gasteiger partial charge is 0.798 e. The molecule has 0 amide bonds. The highest BCUT2D eigenvalue weighted by atomic mass is 19.2. The van der Waals surface area contributed by atoms with Crippen molar-refractivity contribution in [3.63, 3.8) is 0 Å². The van der Waals surface area contributed by atoms with Crippen LogP contribution in [0.2, 0.25) is 0 Å². The molecule has 0 bridgehead atoms. The molecule has 1 saturated heterocycles. The third kappa shape index (κ3) is 2.75. The number of carbonyl (C=O) groups is 1. The lowest BCUT2D eigenvalue weighted by Crippen LogP contribution is -2.53. The molecule has 1 atom stereocenters. The summed E-state index contributed by atoms with van der Waals surface area (Å²) in [6, 6.07) is -0.646. The summed E-state index contributed by atoms with van der Waals surface area (Å²) in [6.45, 7) is 1.66. The van der Waals surface area contributed by atoms with Crippen LogP contribution in [-0.4, -0.2) is 39.1 Å². The first-order valence-corrected chi connectivity index (χ1v) is 3.63. The van der Waals surface area contributed by atoms with E-state index in [0.29, 0.717) is 13.1 Å². The first kappa shape index (κ1) is 9.40. The maximum absolute atomic E-state index is 11.5. The molecule has 1 fully saturated rings. The molecular formula is C5H9BF2N2O2. The summed E-state index contributed by atoms with van der Waals surface area (Å²) in [4.78, 5) is 10.8. The Morgan fingerprint density at radius 2 is 2.25 bits per heavy atom. The fourth-order valence-corrected chi connectivity index (χ4v) is 0.990. The Labute approximate surface area is 68.9 Å². The van der Waals surface area contributed by atoms with Gasteiger partial charge in [-0.05, 0) is 0 Å². The minimum Gasteiger partial charge on any atom is -0.477 e. The molecule has 0 radical (unpaired) electrons. The normalized spacial score (nSPS) is 23.3. The Balaban J connectivity index is 2.30. The number of hydrogen-bond acceptors (Lipinski definition) is 4. The van der Waals surface area contributed by atoms with E-state index in [1.54, 1.807) is 0 Å². The molecule has 1 aliphatic rings. The van der Waals surface area contributed by atoms with Gasteiger partial charge in [-0.2, -0.15) is 0 Å². The monoisotopic (exact) mass is 178 g/mol. The molecule has 7 heteroatoms. The van der Waals surface area contributed by atoms with Crippen LogP contribution in [0, 0.1) is 0 Å². The third-order valence-corrected chi connectivity index (χ3v) is 1.53. The number of carbonyl (C=O) groups excluding carboxylic acids is 1. The standard InChI is InChI=1S/C5H9BF2N2O2/c7-6(8)12-5(11)4-3-9-1-2-10-4/h4,9-10H,1-3H2. The zero-order valence-corrected chi connectivity index (χ0v) is 6.35. The van der Waals surface area contributed by atoms with Gasteiger partial charge in [-0.25, -0.2) is 8.63 Å². The van der Waals surface area contributed by atoms with Crippen molar-refractivity contribution in [2.24, 2.45) is 0 Å². The van der Waals surface area contributed by atoms with Gasteiger partial charge in [0.1, 0.15) is 6.04 Å². The van der Waals surface area contributed by atoms with E-state index in [0.717, 1.165) is 6.54 Å².